The summed E-state index contributed by atoms with van der Waals surface area (Å²) in [5.41, 5.74) is 6.76. The molecule has 0 atom stereocenters. The van der Waals surface area contributed by atoms with Crippen molar-refractivity contribution in [3.63, 3.8) is 0 Å². The van der Waals surface area contributed by atoms with E-state index in [1.165, 1.54) is 25.7 Å². The van der Waals surface area contributed by atoms with Crippen LogP contribution in [0.4, 0.5) is 0 Å². The number of nitrogens with two attached hydrogens (primary N) is 1. The molecule has 0 aliphatic heterocycles. The quantitative estimate of drug-likeness (QED) is 0.618. The highest BCUT2D eigenvalue weighted by molar-refractivity contribution is 4.86. The summed E-state index contributed by atoms with van der Waals surface area (Å²) in [6, 6.07) is 0. The van der Waals surface area contributed by atoms with Crippen molar-refractivity contribution in [1.29, 1.82) is 0 Å². The van der Waals surface area contributed by atoms with E-state index in [1.807, 2.05) is 0 Å². The van der Waals surface area contributed by atoms with E-state index in [2.05, 4.69) is 20.8 Å². The average molecular weight is 155 g/mol. The van der Waals surface area contributed by atoms with Crippen LogP contribution in [-0.4, -0.2) is 6.54 Å². The van der Waals surface area contributed by atoms with Gasteiger partial charge in [0.05, 0.1) is 0 Å². The van der Waals surface area contributed by atoms with Crippen molar-refractivity contribution in [3.05, 3.63) is 0 Å². The Morgan fingerprint density at radius 2 is 1.45 bits per heavy atom. The van der Waals surface area contributed by atoms with Crippen LogP contribution >= 0.6 is 0 Å². The third kappa shape index (κ3) is 2.19. The Bertz CT molecular complexity index is 128. The number of hydrogen-bond donors (Lipinski definition) is 1. The lowest BCUT2D eigenvalue weighted by atomic mass is 9.66. The summed E-state index contributed by atoms with van der Waals surface area (Å²) in [6.07, 6.45) is 5.33. The Kier molecular flexibility index (Phi) is 2.29. The van der Waals surface area contributed by atoms with E-state index in [1.54, 1.807) is 0 Å². The molecule has 1 heteroatoms. The van der Waals surface area contributed by atoms with Crippen LogP contribution in [0.3, 0.4) is 0 Å². The molecule has 0 aromatic heterocycles. The van der Waals surface area contributed by atoms with Gasteiger partial charge in [-0.05, 0) is 43.1 Å². The Morgan fingerprint density at radius 1 is 1.00 bits per heavy atom. The van der Waals surface area contributed by atoms with E-state index in [0.29, 0.717) is 10.8 Å². The van der Waals surface area contributed by atoms with E-state index in [9.17, 15) is 0 Å². The van der Waals surface area contributed by atoms with Gasteiger partial charge in [0.1, 0.15) is 0 Å². The van der Waals surface area contributed by atoms with Gasteiger partial charge in [-0.3, -0.25) is 0 Å². The van der Waals surface area contributed by atoms with Crippen molar-refractivity contribution in [2.24, 2.45) is 16.6 Å². The molecule has 0 aromatic rings. The highest BCUT2D eigenvalue weighted by Crippen LogP contribution is 2.43. The molecule has 0 bridgehead atoms. The summed E-state index contributed by atoms with van der Waals surface area (Å²) in [5, 5.41) is 0. The fraction of sp³-hybridized carbons (Fsp3) is 1.00. The molecule has 2 N–H and O–H groups in total. The predicted molar refractivity (Wildman–Crippen MR) is 49.4 cm³/mol. The lowest BCUT2D eigenvalue weighted by molar-refractivity contribution is 0.124. The van der Waals surface area contributed by atoms with E-state index in [4.69, 9.17) is 5.73 Å². The maximum absolute atomic E-state index is 5.73. The smallest absolute Gasteiger partial charge is 0.00232 e. The van der Waals surface area contributed by atoms with Gasteiger partial charge in [0.15, 0.2) is 0 Å². The van der Waals surface area contributed by atoms with Gasteiger partial charge in [-0.25, -0.2) is 0 Å². The first-order valence-corrected chi connectivity index (χ1v) is 4.68. The van der Waals surface area contributed by atoms with Crippen LogP contribution in [0.15, 0.2) is 0 Å². The van der Waals surface area contributed by atoms with Gasteiger partial charge in [0, 0.05) is 0 Å². The van der Waals surface area contributed by atoms with Gasteiger partial charge >= 0.3 is 0 Å². The van der Waals surface area contributed by atoms with Crippen LogP contribution in [-0.2, 0) is 0 Å². The standard InChI is InChI=1S/C10H21N/c1-9(2)4-6-10(3,8-11)7-5-9/h4-8,11H2,1-3H3. The van der Waals surface area contributed by atoms with Crippen molar-refractivity contribution in [2.75, 3.05) is 6.54 Å². The summed E-state index contributed by atoms with van der Waals surface area (Å²) < 4.78 is 0. The van der Waals surface area contributed by atoms with E-state index < -0.39 is 0 Å². The molecule has 0 heterocycles. The minimum atomic E-state index is 0.454. The molecule has 0 saturated heterocycles. The van der Waals surface area contributed by atoms with Gasteiger partial charge in [-0.15, -0.1) is 0 Å². The van der Waals surface area contributed by atoms with E-state index >= 15 is 0 Å². The van der Waals surface area contributed by atoms with Crippen LogP contribution in [0.1, 0.15) is 46.5 Å². The molecule has 11 heavy (non-hydrogen) atoms. The van der Waals surface area contributed by atoms with Gasteiger partial charge in [0.2, 0.25) is 0 Å². The minimum Gasteiger partial charge on any atom is -0.330 e. The molecule has 0 spiro atoms. The average Bonchev–Trinajstić information content (AvgIpc) is 1.97. The van der Waals surface area contributed by atoms with Crippen molar-refractivity contribution in [2.45, 2.75) is 46.5 Å². The molecule has 0 aromatic carbocycles. The topological polar surface area (TPSA) is 26.0 Å². The van der Waals surface area contributed by atoms with Crippen LogP contribution in [0.2, 0.25) is 0 Å². The largest absolute Gasteiger partial charge is 0.330 e. The second-order valence-electron chi connectivity index (χ2n) is 5.18. The zero-order chi connectivity index (χ0) is 8.54. The van der Waals surface area contributed by atoms with Crippen molar-refractivity contribution >= 4 is 0 Å². The number of rotatable bonds is 1. The molecule has 1 aliphatic rings. The lowest BCUT2D eigenvalue weighted by Gasteiger charge is -2.40. The van der Waals surface area contributed by atoms with Gasteiger partial charge in [-0.2, -0.15) is 0 Å². The highest BCUT2D eigenvalue weighted by atomic mass is 14.6. The second kappa shape index (κ2) is 2.78. The molecule has 0 amide bonds. The second-order valence-corrected chi connectivity index (χ2v) is 5.18. The van der Waals surface area contributed by atoms with Crippen LogP contribution < -0.4 is 5.73 Å². The maximum atomic E-state index is 5.73. The monoisotopic (exact) mass is 155 g/mol. The molecular formula is C10H21N. The fourth-order valence-corrected chi connectivity index (χ4v) is 1.73. The Hall–Kier alpha value is -0.0400. The fourth-order valence-electron chi connectivity index (χ4n) is 1.73. The van der Waals surface area contributed by atoms with Crippen LogP contribution in [0, 0.1) is 10.8 Å². The zero-order valence-electron chi connectivity index (χ0n) is 8.11. The Labute approximate surface area is 70.4 Å². The molecule has 66 valence electrons. The molecular weight excluding hydrogens is 134 g/mol. The third-order valence-electron chi connectivity index (χ3n) is 3.30. The van der Waals surface area contributed by atoms with E-state index in [-0.39, 0.29) is 0 Å². The van der Waals surface area contributed by atoms with Gasteiger partial charge in [0.25, 0.3) is 0 Å². The number of hydrogen-bond acceptors (Lipinski definition) is 1. The first-order chi connectivity index (χ1) is 4.97. The van der Waals surface area contributed by atoms with Crippen molar-refractivity contribution in [3.8, 4) is 0 Å². The summed E-state index contributed by atoms with van der Waals surface area (Å²) in [5.74, 6) is 0. The molecule has 0 radical (unpaired) electrons. The van der Waals surface area contributed by atoms with E-state index in [0.717, 1.165) is 6.54 Å². The summed E-state index contributed by atoms with van der Waals surface area (Å²) in [4.78, 5) is 0. The highest BCUT2D eigenvalue weighted by Gasteiger charge is 2.33. The van der Waals surface area contributed by atoms with Crippen molar-refractivity contribution in [1.82, 2.24) is 0 Å². The van der Waals surface area contributed by atoms with Crippen LogP contribution in [0.25, 0.3) is 0 Å². The molecule has 0 unspecified atom stereocenters. The normalized spacial score (nSPS) is 28.4. The molecule has 1 nitrogen and oxygen atoms in total. The minimum absolute atomic E-state index is 0.454. The Morgan fingerprint density at radius 3 is 1.82 bits per heavy atom. The summed E-state index contributed by atoms with van der Waals surface area (Å²) in [6.45, 7) is 7.91. The predicted octanol–water partition coefficient (Wildman–Crippen LogP) is 2.55. The van der Waals surface area contributed by atoms with Crippen LogP contribution in [0.5, 0.6) is 0 Å². The van der Waals surface area contributed by atoms with Crippen molar-refractivity contribution < 1.29 is 0 Å². The summed E-state index contributed by atoms with van der Waals surface area (Å²) >= 11 is 0. The molecule has 1 rings (SSSR count). The Balaban J connectivity index is 2.48. The SMILES string of the molecule is CC1(C)CCC(C)(CN)CC1. The third-order valence-corrected chi connectivity index (χ3v) is 3.30. The molecule has 1 fully saturated rings. The summed E-state index contributed by atoms with van der Waals surface area (Å²) in [7, 11) is 0. The zero-order valence-corrected chi connectivity index (χ0v) is 8.11. The van der Waals surface area contributed by atoms with Gasteiger partial charge in [-0.1, -0.05) is 20.8 Å². The first kappa shape index (κ1) is 9.05. The maximum Gasteiger partial charge on any atom is -0.00232 e. The molecule has 1 aliphatic carbocycles. The first-order valence-electron chi connectivity index (χ1n) is 4.68. The van der Waals surface area contributed by atoms with Gasteiger partial charge < -0.3 is 5.73 Å². The lowest BCUT2D eigenvalue weighted by Crippen LogP contribution is -2.34. The molecule has 1 saturated carbocycles.